The van der Waals surface area contributed by atoms with Crippen LogP contribution in [-0.2, 0) is 9.47 Å². The zero-order valence-corrected chi connectivity index (χ0v) is 14.0. The van der Waals surface area contributed by atoms with Crippen molar-refractivity contribution in [2.45, 2.75) is 50.4 Å². The second kappa shape index (κ2) is 7.88. The first kappa shape index (κ1) is 17.2. The Morgan fingerprint density at radius 1 is 1.10 bits per heavy atom. The lowest BCUT2D eigenvalue weighted by molar-refractivity contribution is -0.00461. The fourth-order valence-electron chi connectivity index (χ4n) is 4.01. The van der Waals surface area contributed by atoms with Gasteiger partial charge in [-0.25, -0.2) is 0 Å². The Morgan fingerprint density at radius 2 is 1.76 bits per heavy atom. The summed E-state index contributed by atoms with van der Waals surface area (Å²) in [7, 11) is 3.57. The summed E-state index contributed by atoms with van der Waals surface area (Å²) >= 11 is 0. The van der Waals surface area contributed by atoms with E-state index in [2.05, 4.69) is 16.7 Å². The molecule has 5 nitrogen and oxygen atoms in total. The average Bonchev–Trinajstić information content (AvgIpc) is 2.83. The molecule has 0 aromatic heterocycles. The molecule has 0 spiro atoms. The fourth-order valence-corrected chi connectivity index (χ4v) is 4.01. The minimum absolute atomic E-state index is 0.131. The lowest BCUT2D eigenvalue weighted by atomic mass is 9.88. The highest BCUT2D eigenvalue weighted by Crippen LogP contribution is 2.32. The van der Waals surface area contributed by atoms with E-state index in [0.717, 1.165) is 32.6 Å². The normalized spacial score (nSPS) is 36.0. The van der Waals surface area contributed by atoms with Gasteiger partial charge in [0.15, 0.2) is 0 Å². The molecule has 0 radical (unpaired) electrons. The number of likely N-dealkylation sites (tertiary alicyclic amines) is 2. The monoisotopic (exact) mass is 299 g/mol. The van der Waals surface area contributed by atoms with Gasteiger partial charge in [-0.15, -0.1) is 0 Å². The summed E-state index contributed by atoms with van der Waals surface area (Å²) in [6, 6.07) is 0. The van der Waals surface area contributed by atoms with Gasteiger partial charge in [0.2, 0.25) is 0 Å². The first-order valence-corrected chi connectivity index (χ1v) is 8.42. The molecule has 2 aliphatic heterocycles. The van der Waals surface area contributed by atoms with Crippen molar-refractivity contribution in [2.24, 2.45) is 5.73 Å². The molecule has 0 aromatic carbocycles. The van der Waals surface area contributed by atoms with Crippen LogP contribution in [0.5, 0.6) is 0 Å². The summed E-state index contributed by atoms with van der Waals surface area (Å²) in [4.78, 5) is 5.14. The predicted molar refractivity (Wildman–Crippen MR) is 85.5 cm³/mol. The van der Waals surface area contributed by atoms with Crippen molar-refractivity contribution in [2.75, 3.05) is 53.5 Å². The van der Waals surface area contributed by atoms with Crippen molar-refractivity contribution < 1.29 is 9.47 Å². The van der Waals surface area contributed by atoms with E-state index in [0.29, 0.717) is 0 Å². The van der Waals surface area contributed by atoms with Gasteiger partial charge in [0.25, 0.3) is 0 Å². The number of ether oxygens (including phenoxy) is 2. The highest BCUT2D eigenvalue weighted by Gasteiger charge is 2.44. The lowest BCUT2D eigenvalue weighted by Crippen LogP contribution is -2.54. The van der Waals surface area contributed by atoms with Gasteiger partial charge in [-0.05, 0) is 45.3 Å². The summed E-state index contributed by atoms with van der Waals surface area (Å²) < 4.78 is 11.2. The van der Waals surface area contributed by atoms with Gasteiger partial charge in [0.05, 0.1) is 12.2 Å². The maximum atomic E-state index is 6.24. The molecular formula is C16H33N3O2. The summed E-state index contributed by atoms with van der Waals surface area (Å²) in [6.45, 7) is 8.47. The van der Waals surface area contributed by atoms with Crippen LogP contribution in [0.4, 0.5) is 0 Å². The highest BCUT2D eigenvalue weighted by atomic mass is 16.5. The van der Waals surface area contributed by atoms with Gasteiger partial charge in [-0.2, -0.15) is 0 Å². The van der Waals surface area contributed by atoms with Gasteiger partial charge in [0.1, 0.15) is 0 Å². The number of nitrogens with two attached hydrogens (primary N) is 1. The van der Waals surface area contributed by atoms with Crippen molar-refractivity contribution in [3.8, 4) is 0 Å². The highest BCUT2D eigenvalue weighted by molar-refractivity contribution is 5.00. The number of nitrogens with zero attached hydrogens (tertiary/aromatic N) is 2. The predicted octanol–water partition coefficient (Wildman–Crippen LogP) is 0.925. The van der Waals surface area contributed by atoms with E-state index in [1.54, 1.807) is 14.2 Å². The number of hydrogen-bond acceptors (Lipinski definition) is 5. The molecule has 3 atom stereocenters. The molecule has 2 aliphatic rings. The van der Waals surface area contributed by atoms with Crippen LogP contribution in [0, 0.1) is 0 Å². The molecular weight excluding hydrogens is 266 g/mol. The standard InChI is InChI=1S/C16H33N3O2/c1-4-8-18-9-5-6-16(13-17,7-10-18)19-11-14(20-2)15(12-19)21-3/h14-15H,4-13,17H2,1-3H3. The first-order chi connectivity index (χ1) is 10.2. The minimum Gasteiger partial charge on any atom is -0.377 e. The smallest absolute Gasteiger partial charge is 0.0972 e. The summed E-state index contributed by atoms with van der Waals surface area (Å²) in [5, 5.41) is 0. The van der Waals surface area contributed by atoms with Crippen molar-refractivity contribution in [1.29, 1.82) is 0 Å². The third kappa shape index (κ3) is 3.77. The van der Waals surface area contributed by atoms with E-state index in [1.165, 1.54) is 32.4 Å². The van der Waals surface area contributed by atoms with Crippen molar-refractivity contribution in [3.05, 3.63) is 0 Å². The van der Waals surface area contributed by atoms with Gasteiger partial charge < -0.3 is 20.1 Å². The van der Waals surface area contributed by atoms with Crippen LogP contribution in [0.25, 0.3) is 0 Å². The molecule has 2 fully saturated rings. The molecule has 124 valence electrons. The Morgan fingerprint density at radius 3 is 2.29 bits per heavy atom. The molecule has 21 heavy (non-hydrogen) atoms. The van der Waals surface area contributed by atoms with E-state index in [9.17, 15) is 0 Å². The Bertz CT molecular complexity index is 304. The fraction of sp³-hybridized carbons (Fsp3) is 1.00. The Hall–Kier alpha value is -0.200. The molecule has 0 bridgehead atoms. The zero-order valence-electron chi connectivity index (χ0n) is 14.0. The molecule has 3 unspecified atom stereocenters. The van der Waals surface area contributed by atoms with Crippen LogP contribution < -0.4 is 5.73 Å². The molecule has 2 saturated heterocycles. The molecule has 2 N–H and O–H groups in total. The lowest BCUT2D eigenvalue weighted by Gasteiger charge is -2.41. The molecule has 2 heterocycles. The summed E-state index contributed by atoms with van der Waals surface area (Å²) in [5.74, 6) is 0. The third-order valence-corrected chi connectivity index (χ3v) is 5.42. The zero-order chi connectivity index (χ0) is 15.3. The van der Waals surface area contributed by atoms with Crippen LogP contribution in [0.1, 0.15) is 32.6 Å². The van der Waals surface area contributed by atoms with Crippen LogP contribution in [0.3, 0.4) is 0 Å². The van der Waals surface area contributed by atoms with Crippen LogP contribution >= 0.6 is 0 Å². The maximum Gasteiger partial charge on any atom is 0.0972 e. The summed E-state index contributed by atoms with van der Waals surface area (Å²) in [5.41, 5.74) is 6.37. The molecule has 0 aromatic rings. The quantitative estimate of drug-likeness (QED) is 0.790. The van der Waals surface area contributed by atoms with E-state index < -0.39 is 0 Å². The molecule has 0 aliphatic carbocycles. The van der Waals surface area contributed by atoms with Crippen molar-refractivity contribution >= 4 is 0 Å². The first-order valence-electron chi connectivity index (χ1n) is 8.42. The molecule has 0 amide bonds. The molecule has 0 saturated carbocycles. The number of methoxy groups -OCH3 is 2. The van der Waals surface area contributed by atoms with E-state index >= 15 is 0 Å². The van der Waals surface area contributed by atoms with Gasteiger partial charge in [0, 0.05) is 39.4 Å². The van der Waals surface area contributed by atoms with Crippen LogP contribution in [0.15, 0.2) is 0 Å². The second-order valence-corrected chi connectivity index (χ2v) is 6.58. The van der Waals surface area contributed by atoms with Gasteiger partial charge in [-0.3, -0.25) is 4.90 Å². The number of rotatable bonds is 6. The average molecular weight is 299 g/mol. The number of hydrogen-bond donors (Lipinski definition) is 1. The largest absolute Gasteiger partial charge is 0.377 e. The SMILES string of the molecule is CCCN1CCCC(CN)(N2CC(OC)C(OC)C2)CC1. The van der Waals surface area contributed by atoms with Crippen molar-refractivity contribution in [1.82, 2.24) is 9.80 Å². The maximum absolute atomic E-state index is 6.24. The molecule has 2 rings (SSSR count). The van der Waals surface area contributed by atoms with Crippen molar-refractivity contribution in [3.63, 3.8) is 0 Å². The van der Waals surface area contributed by atoms with Crippen LogP contribution in [0.2, 0.25) is 0 Å². The third-order valence-electron chi connectivity index (χ3n) is 5.42. The Balaban J connectivity index is 2.04. The molecule has 5 heteroatoms. The van der Waals surface area contributed by atoms with E-state index in [-0.39, 0.29) is 17.7 Å². The Kier molecular flexibility index (Phi) is 6.44. The van der Waals surface area contributed by atoms with Crippen LogP contribution in [-0.4, -0.2) is 81.0 Å². The van der Waals surface area contributed by atoms with E-state index in [4.69, 9.17) is 15.2 Å². The minimum atomic E-state index is 0.131. The summed E-state index contributed by atoms with van der Waals surface area (Å²) in [6.07, 6.45) is 5.18. The van der Waals surface area contributed by atoms with E-state index in [1.807, 2.05) is 0 Å². The Labute approximate surface area is 129 Å². The van der Waals surface area contributed by atoms with Gasteiger partial charge in [-0.1, -0.05) is 6.92 Å². The second-order valence-electron chi connectivity index (χ2n) is 6.58. The van der Waals surface area contributed by atoms with Gasteiger partial charge >= 0.3 is 0 Å². The topological polar surface area (TPSA) is 51.0 Å².